The third-order valence-corrected chi connectivity index (χ3v) is 3.92. The van der Waals surface area contributed by atoms with Gasteiger partial charge in [-0.1, -0.05) is 5.21 Å². The van der Waals surface area contributed by atoms with E-state index in [2.05, 4.69) is 20.9 Å². The van der Waals surface area contributed by atoms with Crippen molar-refractivity contribution in [1.82, 2.24) is 20.3 Å². The first kappa shape index (κ1) is 16.4. The third-order valence-electron chi connectivity index (χ3n) is 3.92. The van der Waals surface area contributed by atoms with Crippen molar-refractivity contribution in [3.05, 3.63) is 35.9 Å². The second-order valence-electron chi connectivity index (χ2n) is 5.60. The molecule has 0 bridgehead atoms. The fourth-order valence-corrected chi connectivity index (χ4v) is 2.68. The van der Waals surface area contributed by atoms with Crippen LogP contribution in [0.25, 0.3) is 0 Å². The van der Waals surface area contributed by atoms with Crippen LogP contribution in [0.5, 0.6) is 5.75 Å². The zero-order valence-electron chi connectivity index (χ0n) is 13.5. The maximum absolute atomic E-state index is 13.8. The van der Waals surface area contributed by atoms with E-state index in [0.717, 1.165) is 25.9 Å². The molecule has 1 saturated heterocycles. The lowest BCUT2D eigenvalue weighted by Crippen LogP contribution is -2.29. The normalized spacial score (nSPS) is 15.2. The number of carbonyl (C=O) groups excluding carboxylic acids is 1. The van der Waals surface area contributed by atoms with Gasteiger partial charge in [0.2, 0.25) is 0 Å². The monoisotopic (exact) mass is 333 g/mol. The number of benzene rings is 1. The van der Waals surface area contributed by atoms with Crippen molar-refractivity contribution >= 4 is 11.6 Å². The van der Waals surface area contributed by atoms with E-state index in [4.69, 9.17) is 4.74 Å². The fraction of sp³-hybridized carbons (Fsp3) is 0.438. The van der Waals surface area contributed by atoms with Crippen LogP contribution in [0.1, 0.15) is 36.3 Å². The van der Waals surface area contributed by atoms with Gasteiger partial charge in [0, 0.05) is 11.8 Å². The van der Waals surface area contributed by atoms with Crippen molar-refractivity contribution in [2.45, 2.75) is 25.8 Å². The molecular weight excluding hydrogens is 313 g/mol. The molecule has 2 N–H and O–H groups in total. The van der Waals surface area contributed by atoms with Crippen molar-refractivity contribution in [3.8, 4) is 5.75 Å². The molecule has 1 aromatic carbocycles. The van der Waals surface area contributed by atoms with Crippen LogP contribution in [0.4, 0.5) is 10.1 Å². The highest BCUT2D eigenvalue weighted by molar-refractivity contribution is 6.02. The van der Waals surface area contributed by atoms with Crippen LogP contribution in [0.15, 0.2) is 24.4 Å². The Morgan fingerprint density at radius 1 is 1.46 bits per heavy atom. The van der Waals surface area contributed by atoms with Crippen molar-refractivity contribution in [2.24, 2.45) is 0 Å². The van der Waals surface area contributed by atoms with Gasteiger partial charge < -0.3 is 15.4 Å². The van der Waals surface area contributed by atoms with Gasteiger partial charge in [0.05, 0.1) is 18.8 Å². The van der Waals surface area contributed by atoms with Gasteiger partial charge in [-0.25, -0.2) is 9.07 Å². The highest BCUT2D eigenvalue weighted by Crippen LogP contribution is 2.22. The molecule has 0 unspecified atom stereocenters. The van der Waals surface area contributed by atoms with Crippen LogP contribution in [-0.2, 0) is 0 Å². The summed E-state index contributed by atoms with van der Waals surface area (Å²) in [5, 5.41) is 13.9. The summed E-state index contributed by atoms with van der Waals surface area (Å²) in [6, 6.07) is 4.55. The number of hydrogen-bond acceptors (Lipinski definition) is 5. The Morgan fingerprint density at radius 2 is 2.25 bits per heavy atom. The molecule has 2 heterocycles. The summed E-state index contributed by atoms with van der Waals surface area (Å²) in [6.45, 7) is 4.01. The number of nitrogens with one attached hydrogen (secondary N) is 2. The first-order valence-electron chi connectivity index (χ1n) is 8.03. The molecular formula is C16H20FN5O2. The highest BCUT2D eigenvalue weighted by Gasteiger charge is 2.19. The molecule has 3 rings (SSSR count). The Balaban J connectivity index is 1.66. The maximum Gasteiger partial charge on any atom is 0.277 e. The van der Waals surface area contributed by atoms with E-state index in [9.17, 15) is 9.18 Å². The molecule has 0 radical (unpaired) electrons. The van der Waals surface area contributed by atoms with Crippen LogP contribution < -0.4 is 15.4 Å². The van der Waals surface area contributed by atoms with E-state index in [0.29, 0.717) is 12.3 Å². The van der Waals surface area contributed by atoms with Gasteiger partial charge in [-0.15, -0.1) is 5.10 Å². The first-order chi connectivity index (χ1) is 11.7. The van der Waals surface area contributed by atoms with Crippen LogP contribution >= 0.6 is 0 Å². The molecule has 1 fully saturated rings. The standard InChI is InChI=1S/C16H20FN5O2/c1-2-24-15-4-3-11(9-13(15)17)19-16(23)14-10-22(21-20-14)12-5-7-18-8-6-12/h3-4,9-10,12,18H,2,5-8H2,1H3,(H,19,23). The topological polar surface area (TPSA) is 81.1 Å². The van der Waals surface area contributed by atoms with E-state index >= 15 is 0 Å². The molecule has 2 aromatic rings. The predicted molar refractivity (Wildman–Crippen MR) is 86.7 cm³/mol. The van der Waals surface area contributed by atoms with Crippen molar-refractivity contribution in [2.75, 3.05) is 25.0 Å². The molecule has 0 saturated carbocycles. The average molecular weight is 333 g/mol. The predicted octanol–water partition coefficient (Wildman–Crippen LogP) is 1.99. The molecule has 24 heavy (non-hydrogen) atoms. The van der Waals surface area contributed by atoms with Gasteiger partial charge in [-0.2, -0.15) is 0 Å². The van der Waals surface area contributed by atoms with Gasteiger partial charge in [-0.05, 0) is 45.0 Å². The van der Waals surface area contributed by atoms with Gasteiger partial charge in [0.1, 0.15) is 0 Å². The Bertz CT molecular complexity index is 712. The van der Waals surface area contributed by atoms with E-state index in [1.165, 1.54) is 12.1 Å². The van der Waals surface area contributed by atoms with Crippen LogP contribution in [0.2, 0.25) is 0 Å². The van der Waals surface area contributed by atoms with E-state index in [1.807, 2.05) is 0 Å². The maximum atomic E-state index is 13.8. The van der Waals surface area contributed by atoms with E-state index in [-0.39, 0.29) is 17.5 Å². The minimum Gasteiger partial charge on any atom is -0.491 e. The summed E-state index contributed by atoms with van der Waals surface area (Å²) in [6.07, 6.45) is 3.54. The average Bonchev–Trinajstić information content (AvgIpc) is 3.08. The van der Waals surface area contributed by atoms with Crippen LogP contribution in [0.3, 0.4) is 0 Å². The molecule has 1 aliphatic heterocycles. The van der Waals surface area contributed by atoms with E-state index in [1.54, 1.807) is 23.9 Å². The molecule has 0 atom stereocenters. The lowest BCUT2D eigenvalue weighted by atomic mass is 10.1. The zero-order chi connectivity index (χ0) is 16.9. The van der Waals surface area contributed by atoms with Gasteiger partial charge in [0.25, 0.3) is 5.91 Å². The summed E-state index contributed by atoms with van der Waals surface area (Å²) in [4.78, 5) is 12.2. The number of carbonyl (C=O) groups is 1. The number of nitrogens with zero attached hydrogens (tertiary/aromatic N) is 3. The zero-order valence-corrected chi connectivity index (χ0v) is 13.5. The van der Waals surface area contributed by atoms with E-state index < -0.39 is 11.7 Å². The second kappa shape index (κ2) is 7.39. The third kappa shape index (κ3) is 3.70. The Hall–Kier alpha value is -2.48. The molecule has 0 aliphatic carbocycles. The second-order valence-corrected chi connectivity index (χ2v) is 5.60. The number of amides is 1. The summed E-state index contributed by atoms with van der Waals surface area (Å²) in [5.41, 5.74) is 0.556. The molecule has 0 spiro atoms. The largest absolute Gasteiger partial charge is 0.491 e. The molecule has 8 heteroatoms. The number of hydrogen-bond donors (Lipinski definition) is 2. The number of rotatable bonds is 5. The van der Waals surface area contributed by atoms with Crippen molar-refractivity contribution in [1.29, 1.82) is 0 Å². The Kier molecular flexibility index (Phi) is 5.05. The number of aromatic nitrogens is 3. The summed E-state index contributed by atoms with van der Waals surface area (Å²) >= 11 is 0. The number of halogens is 1. The van der Waals surface area contributed by atoms with Gasteiger partial charge in [-0.3, -0.25) is 4.79 Å². The summed E-state index contributed by atoms with van der Waals surface area (Å²) in [7, 11) is 0. The number of ether oxygens (including phenoxy) is 1. The molecule has 1 aromatic heterocycles. The molecule has 7 nitrogen and oxygen atoms in total. The summed E-state index contributed by atoms with van der Waals surface area (Å²) < 4.78 is 20.7. The molecule has 128 valence electrons. The van der Waals surface area contributed by atoms with Crippen molar-refractivity contribution in [3.63, 3.8) is 0 Å². The minimum absolute atomic E-state index is 0.160. The SMILES string of the molecule is CCOc1ccc(NC(=O)c2cn(C3CCNCC3)nn2)cc1F. The molecule has 1 amide bonds. The van der Waals surface area contributed by atoms with Crippen LogP contribution in [-0.4, -0.2) is 40.6 Å². The van der Waals surface area contributed by atoms with Crippen LogP contribution in [0, 0.1) is 5.82 Å². The Labute approximate surface area is 139 Å². The molecule has 1 aliphatic rings. The lowest BCUT2D eigenvalue weighted by Gasteiger charge is -2.22. The van der Waals surface area contributed by atoms with Gasteiger partial charge >= 0.3 is 0 Å². The van der Waals surface area contributed by atoms with Crippen molar-refractivity contribution < 1.29 is 13.9 Å². The first-order valence-corrected chi connectivity index (χ1v) is 8.03. The number of anilines is 1. The Morgan fingerprint density at radius 3 is 2.96 bits per heavy atom. The van der Waals surface area contributed by atoms with Gasteiger partial charge in [0.15, 0.2) is 17.3 Å². The lowest BCUT2D eigenvalue weighted by molar-refractivity contribution is 0.102. The summed E-state index contributed by atoms with van der Waals surface area (Å²) in [5.74, 6) is -0.779. The minimum atomic E-state index is -0.520. The highest BCUT2D eigenvalue weighted by atomic mass is 19.1. The number of piperidine rings is 1. The fourth-order valence-electron chi connectivity index (χ4n) is 2.68. The quantitative estimate of drug-likeness (QED) is 0.875. The smallest absolute Gasteiger partial charge is 0.277 e.